The molecule has 1 saturated heterocycles. The number of fused-ring (bicyclic) bond motifs is 1. The first-order chi connectivity index (χ1) is 14.8. The average Bonchev–Trinajstić information content (AvgIpc) is 3.16. The van der Waals surface area contributed by atoms with Crippen LogP contribution < -0.4 is 11.1 Å². The van der Waals surface area contributed by atoms with Crippen molar-refractivity contribution in [1.82, 2.24) is 20.4 Å². The molecule has 1 aromatic carbocycles. The first-order valence-electron chi connectivity index (χ1n) is 9.30. The van der Waals surface area contributed by atoms with Crippen LogP contribution in [0.3, 0.4) is 0 Å². The van der Waals surface area contributed by atoms with E-state index in [1.54, 1.807) is 31.2 Å². The zero-order valence-corrected chi connectivity index (χ0v) is 18.0. The largest absolute Gasteiger partial charge is 0.477 e. The summed E-state index contributed by atoms with van der Waals surface area (Å²) in [5, 5.41) is 19.9. The minimum Gasteiger partial charge on any atom is -0.477 e. The smallest absolute Gasteiger partial charge is 0.352 e. The third-order valence-corrected chi connectivity index (χ3v) is 7.09. The number of hydrogen-bond donors (Lipinski definition) is 3. The van der Waals surface area contributed by atoms with Crippen molar-refractivity contribution < 1.29 is 23.9 Å². The predicted molar refractivity (Wildman–Crippen MR) is 114 cm³/mol. The molecule has 12 heteroatoms. The van der Waals surface area contributed by atoms with Crippen LogP contribution in [0.1, 0.15) is 11.5 Å². The third-order valence-electron chi connectivity index (χ3n) is 4.85. The number of thioether (sulfide) groups is 2. The summed E-state index contributed by atoms with van der Waals surface area (Å²) in [7, 11) is 0. The van der Waals surface area contributed by atoms with E-state index in [0.29, 0.717) is 39.4 Å². The maximum Gasteiger partial charge on any atom is 0.352 e. The monoisotopic (exact) mass is 461 g/mol. The highest BCUT2D eigenvalue weighted by molar-refractivity contribution is 8.01. The highest BCUT2D eigenvalue weighted by Gasteiger charge is 2.54. The molecule has 0 saturated carbocycles. The molecule has 1 unspecified atom stereocenters. The number of aliphatic carboxylic acids is 1. The number of benzene rings is 1. The number of aromatic nitrogens is 2. The molecule has 2 amide bonds. The molecule has 4 N–H and O–H groups in total. The lowest BCUT2D eigenvalue weighted by atomic mass is 10.0. The molecule has 162 valence electrons. The summed E-state index contributed by atoms with van der Waals surface area (Å²) in [5.74, 6) is -0.837. The molecule has 1 fully saturated rings. The number of nitrogen functional groups attached to an aromatic ring is 1. The number of β-lactam (4-membered cyclic amide) rings is 1. The first kappa shape index (κ1) is 21.2. The van der Waals surface area contributed by atoms with Crippen LogP contribution in [0, 0.1) is 6.92 Å². The van der Waals surface area contributed by atoms with E-state index in [9.17, 15) is 19.5 Å². The minimum absolute atomic E-state index is 0.0426. The van der Waals surface area contributed by atoms with E-state index in [1.807, 2.05) is 0 Å². The Labute approximate surface area is 185 Å². The van der Waals surface area contributed by atoms with Gasteiger partial charge in [0.2, 0.25) is 11.8 Å². The van der Waals surface area contributed by atoms with Gasteiger partial charge in [-0.25, -0.2) is 4.79 Å². The molecule has 3 heterocycles. The van der Waals surface area contributed by atoms with Gasteiger partial charge in [-0.15, -0.1) is 22.0 Å². The second-order valence-electron chi connectivity index (χ2n) is 6.96. The minimum atomic E-state index is -1.18. The van der Waals surface area contributed by atoms with E-state index in [-0.39, 0.29) is 18.0 Å². The summed E-state index contributed by atoms with van der Waals surface area (Å²) in [6.45, 7) is 1.67. The Morgan fingerprint density at radius 1 is 1.39 bits per heavy atom. The van der Waals surface area contributed by atoms with E-state index in [4.69, 9.17) is 10.2 Å². The fourth-order valence-electron chi connectivity index (χ4n) is 3.37. The number of carboxylic acids is 1. The van der Waals surface area contributed by atoms with E-state index in [1.165, 1.54) is 28.4 Å². The number of nitrogens with one attached hydrogen (secondary N) is 1. The molecule has 1 aromatic heterocycles. The number of para-hydroxylation sites is 1. The van der Waals surface area contributed by atoms with Gasteiger partial charge >= 0.3 is 5.97 Å². The highest BCUT2D eigenvalue weighted by Crippen LogP contribution is 2.41. The van der Waals surface area contributed by atoms with Crippen molar-refractivity contribution in [3.05, 3.63) is 47.0 Å². The van der Waals surface area contributed by atoms with Crippen molar-refractivity contribution in [1.29, 1.82) is 0 Å². The quantitative estimate of drug-likeness (QED) is 0.310. The maximum absolute atomic E-state index is 12.7. The predicted octanol–water partition coefficient (Wildman–Crippen LogP) is 1.03. The van der Waals surface area contributed by atoms with Gasteiger partial charge in [-0.05, 0) is 17.2 Å². The lowest BCUT2D eigenvalue weighted by molar-refractivity contribution is -0.150. The Morgan fingerprint density at radius 2 is 2.16 bits per heavy atom. The molecule has 0 bridgehead atoms. The number of anilines is 1. The van der Waals surface area contributed by atoms with Crippen LogP contribution in [-0.4, -0.2) is 60.9 Å². The molecular formula is C19H19N5O5S2. The molecular weight excluding hydrogens is 442 g/mol. The van der Waals surface area contributed by atoms with E-state index in [0.717, 1.165) is 0 Å². The second kappa shape index (κ2) is 8.63. The van der Waals surface area contributed by atoms with Crippen LogP contribution in [0.25, 0.3) is 0 Å². The third kappa shape index (κ3) is 4.26. The van der Waals surface area contributed by atoms with Crippen molar-refractivity contribution >= 4 is 47.0 Å². The number of aryl methyl sites for hydroxylation is 1. The Balaban J connectivity index is 1.43. The van der Waals surface area contributed by atoms with Gasteiger partial charge < -0.3 is 20.6 Å². The van der Waals surface area contributed by atoms with Gasteiger partial charge in [0.25, 0.3) is 11.1 Å². The number of nitrogens with two attached hydrogens (primary N) is 1. The van der Waals surface area contributed by atoms with Gasteiger partial charge in [-0.2, -0.15) is 0 Å². The van der Waals surface area contributed by atoms with Gasteiger partial charge in [0.05, 0.1) is 6.42 Å². The summed E-state index contributed by atoms with van der Waals surface area (Å²) in [6.07, 6.45) is 0.0426. The van der Waals surface area contributed by atoms with Crippen molar-refractivity contribution in [2.45, 2.75) is 30.0 Å². The number of amides is 2. The van der Waals surface area contributed by atoms with Crippen molar-refractivity contribution in [2.24, 2.45) is 0 Å². The molecule has 31 heavy (non-hydrogen) atoms. The summed E-state index contributed by atoms with van der Waals surface area (Å²) in [4.78, 5) is 38.3. The standard InChI is InChI=1S/C19H19N5O5S2/c1-9-22-23-19(29-9)31-8-11-7-30-17-14(16(26)24(17)15(11)18(27)28)21-13(25)6-10-4-2-3-5-12(10)20/h2-5,14,17H,6-8,20H2,1H3,(H,21,25)(H,27,28)/t14?,17-/m0/s1. The van der Waals surface area contributed by atoms with Crippen molar-refractivity contribution in [2.75, 3.05) is 17.2 Å². The molecule has 0 aliphatic carbocycles. The fourth-order valence-corrected chi connectivity index (χ4v) is 5.66. The topological polar surface area (TPSA) is 152 Å². The zero-order valence-electron chi connectivity index (χ0n) is 16.4. The number of carbonyl (C=O) groups excluding carboxylic acids is 2. The van der Waals surface area contributed by atoms with Gasteiger partial charge in [0, 0.05) is 24.1 Å². The van der Waals surface area contributed by atoms with Crippen LogP contribution in [0.15, 0.2) is 45.2 Å². The van der Waals surface area contributed by atoms with E-state index >= 15 is 0 Å². The van der Waals surface area contributed by atoms with Gasteiger partial charge in [0.15, 0.2) is 0 Å². The summed E-state index contributed by atoms with van der Waals surface area (Å²) in [5.41, 5.74) is 7.58. The molecule has 2 atom stereocenters. The number of rotatable bonds is 7. The van der Waals surface area contributed by atoms with E-state index in [2.05, 4.69) is 15.5 Å². The van der Waals surface area contributed by atoms with Crippen LogP contribution in [0.4, 0.5) is 5.69 Å². The number of hydrogen-bond acceptors (Lipinski definition) is 9. The highest BCUT2D eigenvalue weighted by atomic mass is 32.2. The zero-order chi connectivity index (χ0) is 22.1. The normalized spacial score (nSPS) is 20.3. The summed E-state index contributed by atoms with van der Waals surface area (Å²) in [6, 6.07) is 6.24. The molecule has 2 aliphatic rings. The molecule has 0 spiro atoms. The lowest BCUT2D eigenvalue weighted by Crippen LogP contribution is -2.70. The Morgan fingerprint density at radius 3 is 2.84 bits per heavy atom. The maximum atomic E-state index is 12.7. The lowest BCUT2D eigenvalue weighted by Gasteiger charge is -2.49. The molecule has 2 aliphatic heterocycles. The average molecular weight is 462 g/mol. The number of nitrogens with zero attached hydrogens (tertiary/aromatic N) is 3. The summed E-state index contributed by atoms with van der Waals surface area (Å²) < 4.78 is 5.30. The Bertz CT molecular complexity index is 1090. The van der Waals surface area contributed by atoms with Crippen LogP contribution in [-0.2, 0) is 20.8 Å². The van der Waals surface area contributed by atoms with E-state index < -0.39 is 23.3 Å². The molecule has 0 radical (unpaired) electrons. The number of carboxylic acid groups (broad SMARTS) is 1. The van der Waals surface area contributed by atoms with Crippen LogP contribution in [0.2, 0.25) is 0 Å². The molecule has 10 nitrogen and oxygen atoms in total. The van der Waals surface area contributed by atoms with Gasteiger partial charge in [0.1, 0.15) is 17.1 Å². The fraction of sp³-hybridized carbons (Fsp3) is 0.316. The first-order valence-corrected chi connectivity index (χ1v) is 11.3. The molecule has 4 rings (SSSR count). The Kier molecular flexibility index (Phi) is 5.92. The SMILES string of the molecule is Cc1nnc(SCC2=C(C(=O)O)N3C(=O)C(NC(=O)Cc4ccccc4N)[C@@H]3SC2)o1. The Hall–Kier alpha value is -2.99. The molecule has 2 aromatic rings. The van der Waals surface area contributed by atoms with Crippen molar-refractivity contribution in [3.8, 4) is 0 Å². The van der Waals surface area contributed by atoms with Gasteiger partial charge in [-0.1, -0.05) is 30.0 Å². The van der Waals surface area contributed by atoms with Gasteiger partial charge in [-0.3, -0.25) is 14.5 Å². The number of carbonyl (C=O) groups is 3. The van der Waals surface area contributed by atoms with Crippen LogP contribution in [0.5, 0.6) is 0 Å². The second-order valence-corrected chi connectivity index (χ2v) is 9.00. The summed E-state index contributed by atoms with van der Waals surface area (Å²) >= 11 is 2.63. The van der Waals surface area contributed by atoms with Crippen molar-refractivity contribution in [3.63, 3.8) is 0 Å². The van der Waals surface area contributed by atoms with Crippen LogP contribution >= 0.6 is 23.5 Å².